The Morgan fingerprint density at radius 3 is 2.85 bits per heavy atom. The third kappa shape index (κ3) is 2.53. The van der Waals surface area contributed by atoms with Crippen molar-refractivity contribution in [2.45, 2.75) is 37.1 Å². The van der Waals surface area contributed by atoms with E-state index in [1.165, 1.54) is 11.8 Å². The van der Waals surface area contributed by atoms with Crippen molar-refractivity contribution in [3.63, 3.8) is 0 Å². The van der Waals surface area contributed by atoms with E-state index in [0.717, 1.165) is 10.8 Å². The third-order valence-electron chi connectivity index (χ3n) is 2.72. The van der Waals surface area contributed by atoms with E-state index in [9.17, 15) is 0 Å². The highest BCUT2D eigenvalue weighted by Gasteiger charge is 2.21. The van der Waals surface area contributed by atoms with Crippen molar-refractivity contribution in [1.82, 2.24) is 24.7 Å². The van der Waals surface area contributed by atoms with Crippen LogP contribution in [0.1, 0.15) is 32.5 Å². The molecule has 3 rings (SSSR count). The van der Waals surface area contributed by atoms with Gasteiger partial charge in [0.05, 0.1) is 5.75 Å². The van der Waals surface area contributed by atoms with E-state index in [0.29, 0.717) is 17.5 Å². The minimum Gasteiger partial charge on any atom is -0.339 e. The Hall–Kier alpha value is -1.89. The summed E-state index contributed by atoms with van der Waals surface area (Å²) in [6.45, 7) is 6.14. The lowest BCUT2D eigenvalue weighted by Gasteiger charge is -2.10. The molecule has 0 aliphatic rings. The van der Waals surface area contributed by atoms with Crippen molar-refractivity contribution in [2.75, 3.05) is 0 Å². The Morgan fingerprint density at radius 2 is 2.10 bits per heavy atom. The number of hydrogen-bond donors (Lipinski definition) is 0. The molecule has 0 radical (unpaired) electrons. The van der Waals surface area contributed by atoms with Gasteiger partial charge in [-0.05, 0) is 12.1 Å². The van der Waals surface area contributed by atoms with Gasteiger partial charge in [0.25, 0.3) is 0 Å². The van der Waals surface area contributed by atoms with E-state index in [2.05, 4.69) is 20.3 Å². The third-order valence-corrected chi connectivity index (χ3v) is 3.66. The Kier molecular flexibility index (Phi) is 3.21. The quantitative estimate of drug-likeness (QED) is 0.690. The standard InChI is InChI=1S/C13H15N5OS/c1-13(2,3)11-14-9(17-19-11)8-20-12-16-15-10-6-4-5-7-18(10)12/h4-7H,8H2,1-3H3. The molecule has 0 aliphatic carbocycles. The fourth-order valence-electron chi connectivity index (χ4n) is 1.66. The molecule has 104 valence electrons. The molecule has 3 aromatic rings. The average molecular weight is 289 g/mol. The second-order valence-electron chi connectivity index (χ2n) is 5.47. The molecule has 0 atom stereocenters. The molecule has 0 bridgehead atoms. The Balaban J connectivity index is 1.75. The van der Waals surface area contributed by atoms with Crippen molar-refractivity contribution in [3.05, 3.63) is 36.1 Å². The summed E-state index contributed by atoms with van der Waals surface area (Å²) in [5.74, 6) is 1.93. The molecule has 0 unspecified atom stereocenters. The molecule has 0 saturated heterocycles. The van der Waals surface area contributed by atoms with E-state index in [-0.39, 0.29) is 5.41 Å². The minimum atomic E-state index is -0.128. The van der Waals surface area contributed by atoms with E-state index >= 15 is 0 Å². The highest BCUT2D eigenvalue weighted by Crippen LogP contribution is 2.23. The predicted octanol–water partition coefficient (Wildman–Crippen LogP) is 2.70. The molecular formula is C13H15N5OS. The Labute approximate surface area is 120 Å². The van der Waals surface area contributed by atoms with Crippen LogP contribution in [0.4, 0.5) is 0 Å². The van der Waals surface area contributed by atoms with Gasteiger partial charge in [-0.1, -0.05) is 43.8 Å². The number of hydrogen-bond acceptors (Lipinski definition) is 6. The van der Waals surface area contributed by atoms with Crippen LogP contribution in [0.25, 0.3) is 5.65 Å². The molecule has 20 heavy (non-hydrogen) atoms. The molecule has 3 aromatic heterocycles. The van der Waals surface area contributed by atoms with Gasteiger partial charge < -0.3 is 4.52 Å². The summed E-state index contributed by atoms with van der Waals surface area (Å²) in [6, 6.07) is 5.81. The normalized spacial score (nSPS) is 12.2. The van der Waals surface area contributed by atoms with E-state index in [1.54, 1.807) is 0 Å². The van der Waals surface area contributed by atoms with Crippen LogP contribution in [0.3, 0.4) is 0 Å². The lowest BCUT2D eigenvalue weighted by molar-refractivity contribution is 0.319. The molecule has 3 heterocycles. The van der Waals surface area contributed by atoms with E-state index < -0.39 is 0 Å². The summed E-state index contributed by atoms with van der Waals surface area (Å²) in [4.78, 5) is 4.40. The van der Waals surface area contributed by atoms with Gasteiger partial charge in [0.15, 0.2) is 16.6 Å². The summed E-state index contributed by atoms with van der Waals surface area (Å²) in [5, 5.41) is 13.1. The molecule has 0 amide bonds. The fourth-order valence-corrected chi connectivity index (χ4v) is 2.43. The Bertz CT molecular complexity index is 728. The summed E-state index contributed by atoms with van der Waals surface area (Å²) in [5.41, 5.74) is 0.704. The van der Waals surface area contributed by atoms with Crippen LogP contribution in [0.5, 0.6) is 0 Å². The van der Waals surface area contributed by atoms with Crippen molar-refractivity contribution >= 4 is 17.4 Å². The maximum atomic E-state index is 5.27. The van der Waals surface area contributed by atoms with Gasteiger partial charge in [-0.25, -0.2) is 0 Å². The molecule has 0 aromatic carbocycles. The first-order valence-corrected chi connectivity index (χ1v) is 7.28. The summed E-state index contributed by atoms with van der Waals surface area (Å²) < 4.78 is 7.21. The zero-order valence-electron chi connectivity index (χ0n) is 11.6. The second kappa shape index (κ2) is 4.90. The molecule has 0 saturated carbocycles. The summed E-state index contributed by atoms with van der Waals surface area (Å²) >= 11 is 1.54. The number of fused-ring (bicyclic) bond motifs is 1. The largest absolute Gasteiger partial charge is 0.339 e. The van der Waals surface area contributed by atoms with Crippen LogP contribution in [0.15, 0.2) is 34.1 Å². The summed E-state index contributed by atoms with van der Waals surface area (Å²) in [7, 11) is 0. The zero-order chi connectivity index (χ0) is 14.2. The van der Waals surface area contributed by atoms with Gasteiger partial charge in [0.2, 0.25) is 5.89 Å². The van der Waals surface area contributed by atoms with Gasteiger partial charge in [0, 0.05) is 11.6 Å². The van der Waals surface area contributed by atoms with Crippen LogP contribution in [0.2, 0.25) is 0 Å². The van der Waals surface area contributed by atoms with E-state index in [4.69, 9.17) is 4.52 Å². The van der Waals surface area contributed by atoms with Gasteiger partial charge in [0.1, 0.15) is 0 Å². The van der Waals surface area contributed by atoms with Crippen molar-refractivity contribution in [1.29, 1.82) is 0 Å². The molecule has 7 heteroatoms. The Morgan fingerprint density at radius 1 is 1.25 bits per heavy atom. The first-order chi connectivity index (χ1) is 9.54. The lowest BCUT2D eigenvalue weighted by atomic mass is 9.97. The molecule has 0 aliphatic heterocycles. The SMILES string of the molecule is CC(C)(C)c1nc(CSc2nnc3ccccn23)no1. The van der Waals surface area contributed by atoms with Crippen molar-refractivity contribution < 1.29 is 4.52 Å². The van der Waals surface area contributed by atoms with E-state index in [1.807, 2.05) is 49.6 Å². The number of nitrogens with zero attached hydrogens (tertiary/aromatic N) is 5. The number of pyridine rings is 1. The first-order valence-electron chi connectivity index (χ1n) is 6.30. The molecule has 0 spiro atoms. The smallest absolute Gasteiger partial charge is 0.232 e. The monoisotopic (exact) mass is 289 g/mol. The maximum absolute atomic E-state index is 5.27. The van der Waals surface area contributed by atoms with Crippen LogP contribution in [0, 0.1) is 0 Å². The van der Waals surface area contributed by atoms with Gasteiger partial charge in [-0.15, -0.1) is 10.2 Å². The van der Waals surface area contributed by atoms with Crippen molar-refractivity contribution in [2.24, 2.45) is 0 Å². The van der Waals surface area contributed by atoms with Gasteiger partial charge >= 0.3 is 0 Å². The van der Waals surface area contributed by atoms with Gasteiger partial charge in [-0.3, -0.25) is 4.40 Å². The fraction of sp³-hybridized carbons (Fsp3) is 0.385. The number of rotatable bonds is 3. The second-order valence-corrected chi connectivity index (χ2v) is 6.41. The van der Waals surface area contributed by atoms with Crippen LogP contribution in [-0.2, 0) is 11.2 Å². The van der Waals surface area contributed by atoms with Crippen LogP contribution < -0.4 is 0 Å². The van der Waals surface area contributed by atoms with Crippen LogP contribution in [-0.4, -0.2) is 24.7 Å². The number of thioether (sulfide) groups is 1. The molecular weight excluding hydrogens is 274 g/mol. The topological polar surface area (TPSA) is 69.1 Å². The number of aromatic nitrogens is 5. The first kappa shape index (κ1) is 13.1. The minimum absolute atomic E-state index is 0.128. The van der Waals surface area contributed by atoms with Crippen molar-refractivity contribution in [3.8, 4) is 0 Å². The average Bonchev–Trinajstić information content (AvgIpc) is 3.02. The zero-order valence-corrected chi connectivity index (χ0v) is 12.4. The van der Waals surface area contributed by atoms with Gasteiger partial charge in [-0.2, -0.15) is 4.98 Å². The molecule has 0 N–H and O–H groups in total. The highest BCUT2D eigenvalue weighted by molar-refractivity contribution is 7.98. The maximum Gasteiger partial charge on any atom is 0.232 e. The summed E-state index contributed by atoms with van der Waals surface area (Å²) in [6.07, 6.45) is 1.94. The molecule has 6 nitrogen and oxygen atoms in total. The van der Waals surface area contributed by atoms with Crippen LogP contribution >= 0.6 is 11.8 Å². The molecule has 0 fully saturated rings. The lowest BCUT2D eigenvalue weighted by Crippen LogP contribution is -2.11. The predicted molar refractivity (Wildman–Crippen MR) is 75.5 cm³/mol. The highest BCUT2D eigenvalue weighted by atomic mass is 32.2.